The lowest BCUT2D eigenvalue weighted by Gasteiger charge is -2.16. The lowest BCUT2D eigenvalue weighted by molar-refractivity contribution is -0.121. The van der Waals surface area contributed by atoms with Crippen LogP contribution in [0.3, 0.4) is 0 Å². The van der Waals surface area contributed by atoms with Gasteiger partial charge in [0.05, 0.1) is 5.52 Å². The van der Waals surface area contributed by atoms with Crippen molar-refractivity contribution >= 4 is 34.1 Å². The topological polar surface area (TPSA) is 122 Å². The molecule has 1 saturated heterocycles. The van der Waals surface area contributed by atoms with Crippen molar-refractivity contribution in [2.75, 3.05) is 30.7 Å². The minimum Gasteiger partial charge on any atom is -0.399 e. The zero-order chi connectivity index (χ0) is 19.8. The highest BCUT2D eigenvalue weighted by atomic mass is 16.2. The van der Waals surface area contributed by atoms with Gasteiger partial charge in [-0.1, -0.05) is 24.3 Å². The minimum atomic E-state index is -0.464. The number of nitrogens with one attached hydrogen (secondary N) is 3. The van der Waals surface area contributed by atoms with Crippen molar-refractivity contribution in [1.82, 2.24) is 30.2 Å². The van der Waals surface area contributed by atoms with Crippen LogP contribution in [0.5, 0.6) is 0 Å². The summed E-state index contributed by atoms with van der Waals surface area (Å²) in [5.41, 5.74) is 8.82. The maximum absolute atomic E-state index is 12.4. The number of hydrogen-bond acceptors (Lipinski definition) is 7. The number of rotatable bonds is 3. The summed E-state index contributed by atoms with van der Waals surface area (Å²) in [6.45, 7) is 1.83. The predicted molar refractivity (Wildman–Crippen MR) is 111 cm³/mol. The zero-order valence-electron chi connectivity index (χ0n) is 15.6. The second kappa shape index (κ2) is 7.02. The molecule has 4 aromatic rings. The Bertz CT molecular complexity index is 1220. The van der Waals surface area contributed by atoms with E-state index in [-0.39, 0.29) is 5.91 Å². The van der Waals surface area contributed by atoms with Gasteiger partial charge in [0.15, 0.2) is 11.5 Å². The molecule has 0 radical (unpaired) electrons. The van der Waals surface area contributed by atoms with Crippen molar-refractivity contribution in [3.63, 3.8) is 0 Å². The number of amides is 1. The Morgan fingerprint density at radius 2 is 2.00 bits per heavy atom. The number of anilines is 2. The number of benzene rings is 2. The lowest BCUT2D eigenvalue weighted by atomic mass is 10.2. The molecule has 0 saturated carbocycles. The number of fused-ring (bicyclic) bond motifs is 3. The van der Waals surface area contributed by atoms with E-state index >= 15 is 0 Å². The molecular weight excluding hydrogens is 368 g/mol. The lowest BCUT2D eigenvalue weighted by Crippen LogP contribution is -2.42. The molecule has 146 valence electrons. The van der Waals surface area contributed by atoms with Crippen molar-refractivity contribution in [3.8, 4) is 11.4 Å². The molecular formula is C20H20N8O. The van der Waals surface area contributed by atoms with Crippen molar-refractivity contribution in [1.29, 1.82) is 0 Å². The Hall–Kier alpha value is -3.72. The van der Waals surface area contributed by atoms with Gasteiger partial charge < -0.3 is 21.7 Å². The van der Waals surface area contributed by atoms with Gasteiger partial charge in [-0.15, -0.1) is 5.10 Å². The normalized spacial score (nSPS) is 17.2. The van der Waals surface area contributed by atoms with Gasteiger partial charge >= 0.3 is 0 Å². The Morgan fingerprint density at radius 1 is 1.10 bits per heavy atom. The van der Waals surface area contributed by atoms with Gasteiger partial charge in [-0.25, -0.2) is 9.97 Å². The number of carbonyl (C=O) groups excluding carboxylic acids is 1. The fraction of sp³-hybridized carbons (Fsp3) is 0.200. The Kier molecular flexibility index (Phi) is 4.21. The van der Waals surface area contributed by atoms with Crippen LogP contribution < -0.4 is 21.7 Å². The molecule has 0 aliphatic carbocycles. The fourth-order valence-electron chi connectivity index (χ4n) is 3.46. The summed E-state index contributed by atoms with van der Waals surface area (Å²) in [5.74, 6) is 0.932. The van der Waals surface area contributed by atoms with Crippen molar-refractivity contribution < 1.29 is 4.79 Å². The molecule has 1 amide bonds. The third kappa shape index (κ3) is 3.21. The largest absolute Gasteiger partial charge is 0.399 e. The number of aromatic nitrogens is 4. The molecule has 9 heteroatoms. The zero-order valence-corrected chi connectivity index (χ0v) is 15.6. The second-order valence-electron chi connectivity index (χ2n) is 6.94. The molecule has 5 rings (SSSR count). The van der Waals surface area contributed by atoms with Crippen LogP contribution in [0.1, 0.15) is 0 Å². The number of para-hydroxylation sites is 1. The first-order chi connectivity index (χ1) is 14.2. The van der Waals surface area contributed by atoms with Crippen LogP contribution in [0.25, 0.3) is 27.9 Å². The van der Waals surface area contributed by atoms with Gasteiger partial charge in [-0.3, -0.25) is 4.79 Å². The average Bonchev–Trinajstić information content (AvgIpc) is 3.09. The van der Waals surface area contributed by atoms with Crippen LogP contribution in [0.2, 0.25) is 0 Å². The molecule has 1 aliphatic rings. The van der Waals surface area contributed by atoms with E-state index in [2.05, 4.69) is 21.0 Å². The van der Waals surface area contributed by atoms with Crippen molar-refractivity contribution in [3.05, 3.63) is 48.5 Å². The molecule has 9 nitrogen and oxygen atoms in total. The van der Waals surface area contributed by atoms with E-state index in [1.807, 2.05) is 48.5 Å². The van der Waals surface area contributed by atoms with Gasteiger partial charge in [-0.05, 0) is 24.3 Å². The Labute approximate surface area is 166 Å². The van der Waals surface area contributed by atoms with E-state index in [4.69, 9.17) is 15.7 Å². The average molecular weight is 388 g/mol. The molecule has 1 atom stereocenters. The van der Waals surface area contributed by atoms with E-state index in [9.17, 15) is 4.79 Å². The number of hydrogen-bond donors (Lipinski definition) is 4. The summed E-state index contributed by atoms with van der Waals surface area (Å²) in [4.78, 5) is 21.8. The Balaban J connectivity index is 1.66. The van der Waals surface area contributed by atoms with Crippen LogP contribution in [0.4, 0.5) is 11.6 Å². The first kappa shape index (κ1) is 17.4. The Morgan fingerprint density at radius 3 is 2.90 bits per heavy atom. The second-order valence-corrected chi connectivity index (χ2v) is 6.94. The molecule has 1 aliphatic heterocycles. The van der Waals surface area contributed by atoms with E-state index in [0.717, 1.165) is 23.0 Å². The molecule has 2 aromatic carbocycles. The smallest absolute Gasteiger partial charge is 0.243 e. The van der Waals surface area contributed by atoms with Crippen LogP contribution >= 0.6 is 0 Å². The highest BCUT2D eigenvalue weighted by molar-refractivity contribution is 5.93. The third-order valence-electron chi connectivity index (χ3n) is 4.89. The van der Waals surface area contributed by atoms with E-state index in [1.165, 1.54) is 0 Å². The summed E-state index contributed by atoms with van der Waals surface area (Å²) in [7, 11) is 0. The first-order valence-electron chi connectivity index (χ1n) is 9.45. The minimum absolute atomic E-state index is 0.0747. The van der Waals surface area contributed by atoms with Crippen molar-refractivity contribution in [2.24, 2.45) is 0 Å². The molecule has 0 spiro atoms. The molecule has 2 aromatic heterocycles. The SMILES string of the molecule is Nc1cccc(-c2nc3c4ccccc4nc(N[C@@H]4CNCCNC4=O)n3n2)c1. The molecule has 3 heterocycles. The summed E-state index contributed by atoms with van der Waals surface area (Å²) < 4.78 is 1.65. The monoisotopic (exact) mass is 388 g/mol. The third-order valence-corrected chi connectivity index (χ3v) is 4.89. The van der Waals surface area contributed by atoms with Gasteiger partial charge in [-0.2, -0.15) is 4.52 Å². The summed E-state index contributed by atoms with van der Waals surface area (Å²) >= 11 is 0. The molecule has 5 N–H and O–H groups in total. The molecule has 29 heavy (non-hydrogen) atoms. The molecule has 1 fully saturated rings. The van der Waals surface area contributed by atoms with Gasteiger partial charge in [0.1, 0.15) is 6.04 Å². The fourth-order valence-corrected chi connectivity index (χ4v) is 3.46. The van der Waals surface area contributed by atoms with E-state index in [0.29, 0.717) is 36.2 Å². The summed E-state index contributed by atoms with van der Waals surface area (Å²) in [6.07, 6.45) is 0. The highest BCUT2D eigenvalue weighted by Crippen LogP contribution is 2.25. The molecule has 0 unspecified atom stereocenters. The number of carbonyl (C=O) groups is 1. The number of nitrogen functional groups attached to an aromatic ring is 1. The number of nitrogens with two attached hydrogens (primary N) is 1. The summed E-state index contributed by atoms with van der Waals surface area (Å²) in [6, 6.07) is 14.7. The standard InChI is InChI=1S/C20H20N8O/c21-13-5-3-4-12(10-13)17-26-18-14-6-1-2-7-15(14)24-20(28(18)27-17)25-16-11-22-8-9-23-19(16)29/h1-7,10,16,22H,8-9,11,21H2,(H,23,29)(H,24,25)/t16-/m1/s1. The van der Waals surface area contributed by atoms with Gasteiger partial charge in [0.2, 0.25) is 11.9 Å². The van der Waals surface area contributed by atoms with Crippen molar-refractivity contribution in [2.45, 2.75) is 6.04 Å². The van der Waals surface area contributed by atoms with E-state index < -0.39 is 6.04 Å². The van der Waals surface area contributed by atoms with Crippen LogP contribution in [0.15, 0.2) is 48.5 Å². The number of nitrogens with zero attached hydrogens (tertiary/aromatic N) is 4. The first-order valence-corrected chi connectivity index (χ1v) is 9.45. The summed E-state index contributed by atoms with van der Waals surface area (Å²) in [5, 5.41) is 14.9. The van der Waals surface area contributed by atoms with Crippen LogP contribution in [-0.4, -0.2) is 51.2 Å². The van der Waals surface area contributed by atoms with E-state index in [1.54, 1.807) is 4.52 Å². The quantitative estimate of drug-likeness (QED) is 0.387. The van der Waals surface area contributed by atoms with Gasteiger partial charge in [0, 0.05) is 36.3 Å². The van der Waals surface area contributed by atoms with Crippen LogP contribution in [-0.2, 0) is 4.79 Å². The van der Waals surface area contributed by atoms with Crippen LogP contribution in [0, 0.1) is 0 Å². The molecule has 0 bridgehead atoms. The predicted octanol–water partition coefficient (Wildman–Crippen LogP) is 1.03. The highest BCUT2D eigenvalue weighted by Gasteiger charge is 2.23. The van der Waals surface area contributed by atoms with Gasteiger partial charge in [0.25, 0.3) is 0 Å². The maximum Gasteiger partial charge on any atom is 0.243 e. The maximum atomic E-state index is 12.4.